The highest BCUT2D eigenvalue weighted by molar-refractivity contribution is 6.04. The van der Waals surface area contributed by atoms with Gasteiger partial charge in [-0.25, -0.2) is 4.79 Å². The van der Waals surface area contributed by atoms with Crippen molar-refractivity contribution in [3.63, 3.8) is 0 Å². The number of unbranched alkanes of at least 4 members (excludes halogenated alkanes) is 20. The van der Waals surface area contributed by atoms with Crippen LogP contribution in [0.5, 0.6) is 0 Å². The molecule has 0 spiro atoms. The Bertz CT molecular complexity index is 2450. The van der Waals surface area contributed by atoms with Crippen molar-refractivity contribution in [3.05, 3.63) is 82.5 Å². The summed E-state index contributed by atoms with van der Waals surface area (Å²) in [5, 5.41) is 24.7. The van der Waals surface area contributed by atoms with Crippen LogP contribution in [0.3, 0.4) is 0 Å². The van der Waals surface area contributed by atoms with Gasteiger partial charge in [0.1, 0.15) is 0 Å². The van der Waals surface area contributed by atoms with Gasteiger partial charge in [0.15, 0.2) is 71.1 Å². The number of hydrogen-bond acceptors (Lipinski definition) is 13. The number of carbonyl (C=O) groups excluding carboxylic acids is 7. The Labute approximate surface area is 561 Å². The second kappa shape index (κ2) is 56.0. The van der Waals surface area contributed by atoms with E-state index in [2.05, 4.69) is 64.4 Å². The van der Waals surface area contributed by atoms with Crippen molar-refractivity contribution in [2.24, 2.45) is 0 Å². The van der Waals surface area contributed by atoms with Crippen LogP contribution in [0.4, 0.5) is 0 Å². The van der Waals surface area contributed by atoms with Crippen molar-refractivity contribution in [2.75, 3.05) is 0 Å². The molecule has 0 saturated carbocycles. The third kappa shape index (κ3) is 46.4. The molecule has 3 fully saturated rings. The van der Waals surface area contributed by atoms with E-state index in [1.54, 1.807) is 24.3 Å². The van der Waals surface area contributed by atoms with Crippen LogP contribution in [-0.4, -0.2) is 82.2 Å². The first-order valence-corrected chi connectivity index (χ1v) is 36.0. The quantitative estimate of drug-likeness (QED) is 0.0165. The molecule has 0 radical (unpaired) electrons. The standard InChI is InChI=1S/C20H33NO3.C19H33NO4.C19H31NO3.C18H29NO3/c1-4-6-8-9-11-12-16(3)14-17(22)15-19-21-20(23)18(24-19)13-10-7-5-2;1-4-6-8-9-10-11-15(3)13-16(21)14-18(20)24-17(19(22)23)12-7-5-2;1-4-6-8-9-10-11-15(3)13-16(21)14-18-20-19(22)17(23-18)12-7-5-2;1-4-6-8-9-10-14(3)12-15(20)13-17-19-18(21)16(22-17)11-7-5-2/h14-15,18H,4-13H2,1-3H3,(H,21,23);13,17,20H,4-12,14H2,1-3H3,(H,22,23);13-14,17H,4-12H2,1-3H3,(H,20,22);12-13,16H,4-11H2,1-3H3,(H,19,21)/b16-14+,19-15?;15-13+,20-18?;15-13+,18-14?;14-12+,17-13?. The van der Waals surface area contributed by atoms with Gasteiger partial charge in [-0.05, 0) is 155 Å². The van der Waals surface area contributed by atoms with E-state index in [0.29, 0.717) is 31.6 Å². The minimum Gasteiger partial charge on any atom is -0.479 e. The molecule has 0 bridgehead atoms. The summed E-state index contributed by atoms with van der Waals surface area (Å²) in [6.07, 6.45) is 45.9. The van der Waals surface area contributed by atoms with Gasteiger partial charge in [0.2, 0.25) is 0 Å². The normalized spacial score (nSPS) is 18.0. The summed E-state index contributed by atoms with van der Waals surface area (Å²) < 4.78 is 21.7. The van der Waals surface area contributed by atoms with Gasteiger partial charge >= 0.3 is 5.97 Å². The van der Waals surface area contributed by atoms with Crippen LogP contribution >= 0.6 is 0 Å². The maximum Gasteiger partial charge on any atom is 0.344 e. The van der Waals surface area contributed by atoms with Gasteiger partial charge in [-0.3, -0.25) is 54.9 Å². The van der Waals surface area contributed by atoms with Crippen molar-refractivity contribution < 1.29 is 62.4 Å². The van der Waals surface area contributed by atoms with Crippen molar-refractivity contribution in [3.8, 4) is 0 Å². The van der Waals surface area contributed by atoms with E-state index < -0.39 is 30.4 Å². The molecule has 93 heavy (non-hydrogen) atoms. The van der Waals surface area contributed by atoms with Crippen LogP contribution in [0.2, 0.25) is 0 Å². The molecule has 4 atom stereocenters. The lowest BCUT2D eigenvalue weighted by atomic mass is 10.1. The van der Waals surface area contributed by atoms with Crippen molar-refractivity contribution in [1.82, 2.24) is 16.0 Å². The largest absolute Gasteiger partial charge is 0.479 e. The number of ether oxygens (including phenoxy) is 4. The second-order valence-electron chi connectivity index (χ2n) is 25.2. The number of aliphatic carboxylic acids is 1. The first-order valence-electron chi connectivity index (χ1n) is 36.0. The maximum absolute atomic E-state index is 12.0. The van der Waals surface area contributed by atoms with E-state index in [1.807, 2.05) is 34.6 Å². The van der Waals surface area contributed by atoms with Crippen LogP contribution in [0, 0.1) is 5.41 Å². The summed E-state index contributed by atoms with van der Waals surface area (Å²) in [6, 6.07) is 0. The number of carbonyl (C=O) groups is 8. The Balaban J connectivity index is 0.00000121. The summed E-state index contributed by atoms with van der Waals surface area (Å²) >= 11 is 0. The lowest BCUT2D eigenvalue weighted by Crippen LogP contribution is -2.27. The molecule has 17 heteroatoms. The van der Waals surface area contributed by atoms with E-state index in [1.165, 1.54) is 115 Å². The molecule has 4 unspecified atom stereocenters. The van der Waals surface area contributed by atoms with Gasteiger partial charge in [-0.1, -0.05) is 206 Å². The first kappa shape index (κ1) is 86.6. The third-order valence-corrected chi connectivity index (χ3v) is 15.7. The number of carboxylic acid groups (broad SMARTS) is 1. The topological polar surface area (TPSA) is 254 Å². The van der Waals surface area contributed by atoms with Crippen LogP contribution in [0.15, 0.2) is 82.5 Å². The molecule has 3 aliphatic rings. The monoisotopic (exact) mass is 1300 g/mol. The van der Waals surface area contributed by atoms with Crippen molar-refractivity contribution in [2.45, 2.75) is 345 Å². The summed E-state index contributed by atoms with van der Waals surface area (Å²) in [6.45, 7) is 24.9. The van der Waals surface area contributed by atoms with Crippen LogP contribution in [0.25, 0.3) is 0 Å². The molecule has 0 aromatic heterocycles. The second-order valence-corrected chi connectivity index (χ2v) is 25.2. The highest BCUT2D eigenvalue weighted by Gasteiger charge is 2.31. The molecule has 0 aliphatic carbocycles. The van der Waals surface area contributed by atoms with Crippen LogP contribution < -0.4 is 16.0 Å². The number of ketones is 4. The molecule has 0 aromatic carbocycles. The zero-order valence-corrected chi connectivity index (χ0v) is 59.9. The zero-order valence-electron chi connectivity index (χ0n) is 59.9. The lowest BCUT2D eigenvalue weighted by Gasteiger charge is -2.14. The Morgan fingerprint density at radius 3 is 1.01 bits per heavy atom. The summed E-state index contributed by atoms with van der Waals surface area (Å²) in [7, 11) is 0. The molecule has 3 rings (SSSR count). The van der Waals surface area contributed by atoms with Crippen molar-refractivity contribution >= 4 is 52.7 Å². The van der Waals surface area contributed by atoms with Gasteiger partial charge in [0.25, 0.3) is 17.7 Å². The van der Waals surface area contributed by atoms with E-state index in [0.717, 1.165) is 131 Å². The highest BCUT2D eigenvalue weighted by Crippen LogP contribution is 2.21. The third-order valence-electron chi connectivity index (χ3n) is 15.7. The maximum atomic E-state index is 12.0. The fraction of sp³-hybridized carbons (Fsp3) is 0.697. The average molecular weight is 1300 g/mol. The number of nitrogens with one attached hydrogen (secondary N) is 4. The van der Waals surface area contributed by atoms with Gasteiger partial charge < -0.3 is 24.1 Å². The molecule has 3 aliphatic heterocycles. The fourth-order valence-electron chi connectivity index (χ4n) is 10.2. The van der Waals surface area contributed by atoms with E-state index in [4.69, 9.17) is 29.5 Å². The van der Waals surface area contributed by atoms with Gasteiger partial charge in [-0.2, -0.15) is 0 Å². The summed E-state index contributed by atoms with van der Waals surface area (Å²) in [5.41, 5.74) is 4.24. The number of amides is 3. The fourth-order valence-corrected chi connectivity index (χ4v) is 10.2. The molecule has 3 heterocycles. The first-order chi connectivity index (χ1) is 44.6. The Morgan fingerprint density at radius 2 is 0.699 bits per heavy atom. The predicted octanol–water partition coefficient (Wildman–Crippen LogP) is 18.1. The molecule has 17 nitrogen and oxygen atoms in total. The van der Waals surface area contributed by atoms with E-state index in [9.17, 15) is 38.4 Å². The van der Waals surface area contributed by atoms with Crippen LogP contribution in [-0.2, 0) is 57.3 Å². The van der Waals surface area contributed by atoms with E-state index >= 15 is 0 Å². The minimum atomic E-state index is -1.08. The Morgan fingerprint density at radius 1 is 0.419 bits per heavy atom. The molecule has 3 amide bonds. The number of rotatable bonds is 47. The van der Waals surface area contributed by atoms with Crippen LogP contribution in [0.1, 0.15) is 321 Å². The average Bonchev–Trinajstić information content (AvgIpc) is 1.84. The molecule has 0 aromatic rings. The predicted molar refractivity (Wildman–Crippen MR) is 375 cm³/mol. The molecule has 5 N–H and O–H groups in total. The van der Waals surface area contributed by atoms with E-state index in [-0.39, 0.29) is 64.9 Å². The zero-order chi connectivity index (χ0) is 69.6. The SMILES string of the molecule is CCCCCC/C(C)=C/C(=O)C=C1NC(=O)C(CCCC)O1.CCCCCCC/C(C)=C/C(=O)C=C1NC(=O)C(CCCC)O1.CCCCCCC/C(C)=C/C(=O)C=C1NC(=O)C(CCCCC)O1.CCCCCCC/C(C)=C/C(=O)CC(=N)OC(CCCC)C(=O)O. The highest BCUT2D eigenvalue weighted by atomic mass is 16.5. The summed E-state index contributed by atoms with van der Waals surface area (Å²) in [5.74, 6) is -1.49. The van der Waals surface area contributed by atoms with Crippen molar-refractivity contribution in [1.29, 1.82) is 5.41 Å². The molecular formula is C76H126N4O13. The number of hydrogen-bond donors (Lipinski definition) is 5. The van der Waals surface area contributed by atoms with Gasteiger partial charge in [0.05, 0.1) is 6.42 Å². The molecule has 528 valence electrons. The minimum absolute atomic E-state index is 0.120. The Kier molecular flexibility index (Phi) is 52.2. The summed E-state index contributed by atoms with van der Waals surface area (Å²) in [4.78, 5) is 94.2. The smallest absolute Gasteiger partial charge is 0.344 e. The molecule has 3 saturated heterocycles. The number of allylic oxidation sites excluding steroid dienone is 11. The lowest BCUT2D eigenvalue weighted by molar-refractivity contribution is -0.146. The molecular weight excluding hydrogens is 1180 g/mol. The Hall–Kier alpha value is -6.39. The number of carboxylic acids is 1. The van der Waals surface area contributed by atoms with Gasteiger partial charge in [0, 0.05) is 18.2 Å². The van der Waals surface area contributed by atoms with Gasteiger partial charge in [-0.15, -0.1) is 0 Å².